The maximum absolute atomic E-state index is 13.5. The quantitative estimate of drug-likeness (QED) is 0.788. The number of rotatable bonds is 3. The predicted octanol–water partition coefficient (Wildman–Crippen LogP) is 1.76. The zero-order chi connectivity index (χ0) is 9.97. The fraction of sp³-hybridized carbons (Fsp3) is 0.455. The summed E-state index contributed by atoms with van der Waals surface area (Å²) in [5, 5.41) is 3.00. The van der Waals surface area contributed by atoms with Gasteiger partial charge in [0.2, 0.25) is 0 Å². The van der Waals surface area contributed by atoms with Crippen LogP contribution in [0.2, 0.25) is 0 Å². The van der Waals surface area contributed by atoms with Gasteiger partial charge < -0.3 is 10.2 Å². The summed E-state index contributed by atoms with van der Waals surface area (Å²) in [6.07, 6.45) is 1.22. The molecule has 14 heavy (non-hydrogen) atoms. The van der Waals surface area contributed by atoms with Crippen molar-refractivity contribution in [2.75, 3.05) is 25.0 Å². The highest BCUT2D eigenvalue weighted by molar-refractivity contribution is 5.55. The SMILES string of the molecule is CNCc1c(F)cccc1N1CCC1. The van der Waals surface area contributed by atoms with Gasteiger partial charge in [-0.3, -0.25) is 0 Å². The maximum Gasteiger partial charge on any atom is 0.129 e. The molecule has 3 heteroatoms. The first-order chi connectivity index (χ1) is 6.83. The van der Waals surface area contributed by atoms with Crippen molar-refractivity contribution in [3.63, 3.8) is 0 Å². The number of benzene rings is 1. The normalized spacial score (nSPS) is 15.4. The zero-order valence-corrected chi connectivity index (χ0v) is 8.39. The van der Waals surface area contributed by atoms with Gasteiger partial charge in [0.25, 0.3) is 0 Å². The molecule has 0 aromatic heterocycles. The number of halogens is 1. The Morgan fingerprint density at radius 1 is 1.43 bits per heavy atom. The Morgan fingerprint density at radius 3 is 2.79 bits per heavy atom. The van der Waals surface area contributed by atoms with Crippen LogP contribution in [0.25, 0.3) is 0 Å². The van der Waals surface area contributed by atoms with Gasteiger partial charge in [0.15, 0.2) is 0 Å². The molecule has 1 aliphatic rings. The molecule has 0 saturated carbocycles. The van der Waals surface area contributed by atoms with Crippen LogP contribution < -0.4 is 10.2 Å². The van der Waals surface area contributed by atoms with E-state index in [2.05, 4.69) is 10.2 Å². The molecule has 0 aliphatic carbocycles. The first-order valence-corrected chi connectivity index (χ1v) is 5.00. The van der Waals surface area contributed by atoms with Crippen LogP contribution >= 0.6 is 0 Å². The molecule has 1 aliphatic heterocycles. The highest BCUT2D eigenvalue weighted by atomic mass is 19.1. The molecule has 1 fully saturated rings. The summed E-state index contributed by atoms with van der Waals surface area (Å²) < 4.78 is 13.5. The third-order valence-electron chi connectivity index (χ3n) is 2.64. The van der Waals surface area contributed by atoms with Gasteiger partial charge in [-0.05, 0) is 25.6 Å². The summed E-state index contributed by atoms with van der Waals surface area (Å²) in [7, 11) is 1.84. The lowest BCUT2D eigenvalue weighted by Gasteiger charge is -2.34. The van der Waals surface area contributed by atoms with Crippen LogP contribution in [0, 0.1) is 5.82 Å². The Labute approximate surface area is 83.7 Å². The lowest BCUT2D eigenvalue weighted by molar-refractivity contribution is 0.581. The molecule has 2 nitrogen and oxygen atoms in total. The molecule has 1 saturated heterocycles. The molecule has 1 heterocycles. The fourth-order valence-electron chi connectivity index (χ4n) is 1.75. The van der Waals surface area contributed by atoms with Gasteiger partial charge in [-0.15, -0.1) is 0 Å². The van der Waals surface area contributed by atoms with E-state index in [1.165, 1.54) is 12.5 Å². The largest absolute Gasteiger partial charge is 0.371 e. The van der Waals surface area contributed by atoms with Gasteiger partial charge in [-0.2, -0.15) is 0 Å². The van der Waals surface area contributed by atoms with E-state index in [0.717, 1.165) is 24.3 Å². The Balaban J connectivity index is 2.31. The standard InChI is InChI=1S/C11H15FN2/c1-13-8-9-10(12)4-2-5-11(9)14-6-3-7-14/h2,4-5,13H,3,6-8H2,1H3. The average molecular weight is 194 g/mol. The maximum atomic E-state index is 13.5. The first kappa shape index (κ1) is 9.46. The van der Waals surface area contributed by atoms with Crippen molar-refractivity contribution < 1.29 is 4.39 Å². The van der Waals surface area contributed by atoms with Crippen molar-refractivity contribution in [1.82, 2.24) is 5.32 Å². The topological polar surface area (TPSA) is 15.3 Å². The zero-order valence-electron chi connectivity index (χ0n) is 8.39. The van der Waals surface area contributed by atoms with Gasteiger partial charge >= 0.3 is 0 Å². The predicted molar refractivity (Wildman–Crippen MR) is 56.0 cm³/mol. The van der Waals surface area contributed by atoms with Crippen LogP contribution in [0.4, 0.5) is 10.1 Å². The minimum absolute atomic E-state index is 0.108. The van der Waals surface area contributed by atoms with E-state index in [1.807, 2.05) is 13.1 Å². The number of hydrogen-bond acceptors (Lipinski definition) is 2. The number of nitrogens with one attached hydrogen (secondary N) is 1. The van der Waals surface area contributed by atoms with Crippen LogP contribution in [0.15, 0.2) is 18.2 Å². The van der Waals surface area contributed by atoms with E-state index in [4.69, 9.17) is 0 Å². The van der Waals surface area contributed by atoms with Crippen LogP contribution in [-0.4, -0.2) is 20.1 Å². The van der Waals surface area contributed by atoms with E-state index in [9.17, 15) is 4.39 Å². The third-order valence-corrected chi connectivity index (χ3v) is 2.64. The summed E-state index contributed by atoms with van der Waals surface area (Å²) in [6, 6.07) is 5.30. The molecular formula is C11H15FN2. The van der Waals surface area contributed by atoms with Crippen molar-refractivity contribution in [1.29, 1.82) is 0 Å². The second-order valence-corrected chi connectivity index (χ2v) is 3.61. The molecule has 1 N–H and O–H groups in total. The Morgan fingerprint density at radius 2 is 2.21 bits per heavy atom. The van der Waals surface area contributed by atoms with Crippen LogP contribution in [0.5, 0.6) is 0 Å². The summed E-state index contributed by atoms with van der Waals surface area (Å²) in [6.45, 7) is 2.71. The second kappa shape index (κ2) is 3.96. The van der Waals surface area contributed by atoms with Crippen molar-refractivity contribution in [3.05, 3.63) is 29.6 Å². The van der Waals surface area contributed by atoms with Gasteiger partial charge in [0.05, 0.1) is 0 Å². The molecule has 2 rings (SSSR count). The monoisotopic (exact) mass is 194 g/mol. The van der Waals surface area contributed by atoms with Crippen molar-refractivity contribution in [2.24, 2.45) is 0 Å². The Hall–Kier alpha value is -1.09. The highest BCUT2D eigenvalue weighted by Crippen LogP contribution is 2.26. The highest BCUT2D eigenvalue weighted by Gasteiger charge is 2.18. The molecule has 76 valence electrons. The average Bonchev–Trinajstić information content (AvgIpc) is 2.08. The van der Waals surface area contributed by atoms with E-state index in [1.54, 1.807) is 6.07 Å². The number of anilines is 1. The van der Waals surface area contributed by atoms with Crippen LogP contribution in [0.3, 0.4) is 0 Å². The van der Waals surface area contributed by atoms with Gasteiger partial charge in [-0.25, -0.2) is 4.39 Å². The first-order valence-electron chi connectivity index (χ1n) is 5.00. The summed E-state index contributed by atoms with van der Waals surface area (Å²) in [5.41, 5.74) is 1.83. The van der Waals surface area contributed by atoms with Crippen molar-refractivity contribution >= 4 is 5.69 Å². The van der Waals surface area contributed by atoms with E-state index >= 15 is 0 Å². The van der Waals surface area contributed by atoms with Gasteiger partial charge in [0.1, 0.15) is 5.82 Å². The molecular weight excluding hydrogens is 179 g/mol. The fourth-order valence-corrected chi connectivity index (χ4v) is 1.75. The molecule has 0 radical (unpaired) electrons. The lowest BCUT2D eigenvalue weighted by Crippen LogP contribution is -2.38. The second-order valence-electron chi connectivity index (χ2n) is 3.61. The third kappa shape index (κ3) is 1.60. The molecule has 0 atom stereocenters. The van der Waals surface area contributed by atoms with Crippen molar-refractivity contribution in [3.8, 4) is 0 Å². The molecule has 0 spiro atoms. The summed E-state index contributed by atoms with van der Waals surface area (Å²) in [5.74, 6) is -0.108. The molecule has 1 aromatic rings. The summed E-state index contributed by atoms with van der Waals surface area (Å²) >= 11 is 0. The minimum Gasteiger partial charge on any atom is -0.371 e. The molecule has 1 aromatic carbocycles. The van der Waals surface area contributed by atoms with Gasteiger partial charge in [0, 0.05) is 30.9 Å². The summed E-state index contributed by atoms with van der Waals surface area (Å²) in [4.78, 5) is 2.22. The smallest absolute Gasteiger partial charge is 0.129 e. The molecule has 0 amide bonds. The lowest BCUT2D eigenvalue weighted by atomic mass is 10.1. The van der Waals surface area contributed by atoms with Crippen molar-refractivity contribution in [2.45, 2.75) is 13.0 Å². The van der Waals surface area contributed by atoms with E-state index < -0.39 is 0 Å². The number of hydrogen-bond donors (Lipinski definition) is 1. The number of nitrogens with zero attached hydrogens (tertiary/aromatic N) is 1. The van der Waals surface area contributed by atoms with Crippen LogP contribution in [-0.2, 0) is 6.54 Å². The Bertz CT molecular complexity index is 321. The van der Waals surface area contributed by atoms with E-state index in [0.29, 0.717) is 6.54 Å². The van der Waals surface area contributed by atoms with Gasteiger partial charge in [-0.1, -0.05) is 6.07 Å². The molecule has 0 bridgehead atoms. The minimum atomic E-state index is -0.108. The van der Waals surface area contributed by atoms with Crippen LogP contribution in [0.1, 0.15) is 12.0 Å². The molecule has 0 unspecified atom stereocenters. The van der Waals surface area contributed by atoms with E-state index in [-0.39, 0.29) is 5.82 Å². The Kier molecular flexibility index (Phi) is 2.68.